The van der Waals surface area contributed by atoms with Crippen molar-refractivity contribution < 1.29 is 9.72 Å². The maximum atomic E-state index is 12.0. The fraction of sp³-hybridized carbons (Fsp3) is 0.500. The number of nitrogens with zero attached hydrogens (tertiary/aromatic N) is 1. The van der Waals surface area contributed by atoms with Gasteiger partial charge >= 0.3 is 0 Å². The monoisotopic (exact) mass is 277 g/mol. The second-order valence-corrected chi connectivity index (χ2v) is 5.12. The summed E-state index contributed by atoms with van der Waals surface area (Å²) < 4.78 is 0. The summed E-state index contributed by atoms with van der Waals surface area (Å²) in [6.07, 6.45) is 3.30. The van der Waals surface area contributed by atoms with Crippen LogP contribution in [0.15, 0.2) is 18.2 Å². The molecule has 0 heterocycles. The Morgan fingerprint density at radius 3 is 2.80 bits per heavy atom. The molecule has 0 unspecified atom stereocenters. The summed E-state index contributed by atoms with van der Waals surface area (Å²) in [5, 5.41) is 17.0. The number of carbonyl (C=O) groups excluding carboxylic acids is 1. The highest BCUT2D eigenvalue weighted by Crippen LogP contribution is 2.20. The number of nitro groups is 1. The van der Waals surface area contributed by atoms with E-state index in [0.29, 0.717) is 12.6 Å². The van der Waals surface area contributed by atoms with E-state index in [2.05, 4.69) is 10.6 Å². The molecule has 0 radical (unpaired) electrons. The average molecular weight is 277 g/mol. The fourth-order valence-electron chi connectivity index (χ4n) is 1.97. The summed E-state index contributed by atoms with van der Waals surface area (Å²) in [5.41, 5.74) is 0.811. The Bertz CT molecular complexity index is 512. The molecule has 2 N–H and O–H groups in total. The Kier molecular flexibility index (Phi) is 4.68. The van der Waals surface area contributed by atoms with Crippen LogP contribution in [0.3, 0.4) is 0 Å². The van der Waals surface area contributed by atoms with Gasteiger partial charge in [0, 0.05) is 18.7 Å². The Morgan fingerprint density at radius 1 is 1.40 bits per heavy atom. The van der Waals surface area contributed by atoms with Crippen molar-refractivity contribution in [2.24, 2.45) is 0 Å². The smallest absolute Gasteiger partial charge is 0.282 e. The van der Waals surface area contributed by atoms with Crippen LogP contribution in [-0.4, -0.2) is 30.0 Å². The summed E-state index contributed by atoms with van der Waals surface area (Å²) in [4.78, 5) is 22.4. The van der Waals surface area contributed by atoms with Crippen LogP contribution in [0.25, 0.3) is 0 Å². The third kappa shape index (κ3) is 4.03. The van der Waals surface area contributed by atoms with E-state index in [1.807, 2.05) is 0 Å². The van der Waals surface area contributed by atoms with E-state index in [0.717, 1.165) is 18.5 Å². The van der Waals surface area contributed by atoms with Crippen LogP contribution in [0.2, 0.25) is 0 Å². The molecular weight excluding hydrogens is 258 g/mol. The van der Waals surface area contributed by atoms with Crippen LogP contribution in [-0.2, 0) is 0 Å². The molecule has 108 valence electrons. The first kappa shape index (κ1) is 14.5. The van der Waals surface area contributed by atoms with Gasteiger partial charge in [-0.3, -0.25) is 14.9 Å². The molecule has 1 saturated carbocycles. The van der Waals surface area contributed by atoms with E-state index in [1.54, 1.807) is 19.1 Å². The number of benzene rings is 1. The van der Waals surface area contributed by atoms with E-state index < -0.39 is 4.92 Å². The zero-order valence-corrected chi connectivity index (χ0v) is 11.5. The Hall–Kier alpha value is -1.95. The summed E-state index contributed by atoms with van der Waals surface area (Å²) in [5.74, 6) is -0.383. The lowest BCUT2D eigenvalue weighted by Gasteiger charge is -2.07. The number of nitro benzene ring substituents is 1. The third-order valence-corrected chi connectivity index (χ3v) is 3.24. The molecule has 2 rings (SSSR count). The lowest BCUT2D eigenvalue weighted by molar-refractivity contribution is -0.385. The van der Waals surface area contributed by atoms with Crippen molar-refractivity contribution >= 4 is 11.6 Å². The van der Waals surface area contributed by atoms with Gasteiger partial charge < -0.3 is 10.6 Å². The van der Waals surface area contributed by atoms with Crippen molar-refractivity contribution in [1.29, 1.82) is 0 Å². The normalized spacial score (nSPS) is 14.1. The number of nitrogens with one attached hydrogen (secondary N) is 2. The predicted molar refractivity (Wildman–Crippen MR) is 75.8 cm³/mol. The van der Waals surface area contributed by atoms with Crippen molar-refractivity contribution in [3.63, 3.8) is 0 Å². The van der Waals surface area contributed by atoms with Gasteiger partial charge in [0.2, 0.25) is 0 Å². The number of hydrogen-bond donors (Lipinski definition) is 2. The standard InChI is InChI=1S/C14H19N3O3/c1-10-3-6-13(17(19)20)12(9-10)14(18)16-8-2-7-15-11-4-5-11/h3,6,9,11,15H,2,4-5,7-8H2,1H3,(H,16,18). The molecule has 0 aromatic heterocycles. The van der Waals surface area contributed by atoms with Gasteiger partial charge in [-0.15, -0.1) is 0 Å². The Morgan fingerprint density at radius 2 is 2.15 bits per heavy atom. The van der Waals surface area contributed by atoms with Gasteiger partial charge in [0.05, 0.1) is 4.92 Å². The van der Waals surface area contributed by atoms with Crippen molar-refractivity contribution in [2.45, 2.75) is 32.2 Å². The molecule has 1 aromatic carbocycles. The van der Waals surface area contributed by atoms with E-state index >= 15 is 0 Å². The van der Waals surface area contributed by atoms with Gasteiger partial charge in [-0.05, 0) is 44.4 Å². The number of amides is 1. The highest BCUT2D eigenvalue weighted by Gasteiger charge is 2.21. The molecule has 1 fully saturated rings. The number of carbonyl (C=O) groups is 1. The molecule has 0 atom stereocenters. The van der Waals surface area contributed by atoms with Crippen molar-refractivity contribution in [3.8, 4) is 0 Å². The molecular formula is C14H19N3O3. The quantitative estimate of drug-likeness (QED) is 0.452. The minimum atomic E-state index is -0.525. The molecule has 1 aliphatic carbocycles. The highest BCUT2D eigenvalue weighted by molar-refractivity contribution is 5.98. The van der Waals surface area contributed by atoms with Gasteiger partial charge in [0.15, 0.2) is 0 Å². The largest absolute Gasteiger partial charge is 0.352 e. The van der Waals surface area contributed by atoms with Crippen LogP contribution in [0.4, 0.5) is 5.69 Å². The maximum Gasteiger partial charge on any atom is 0.282 e. The first-order chi connectivity index (χ1) is 9.58. The van der Waals surface area contributed by atoms with E-state index in [9.17, 15) is 14.9 Å². The number of aryl methyl sites for hydroxylation is 1. The van der Waals surface area contributed by atoms with Crippen molar-refractivity contribution in [1.82, 2.24) is 10.6 Å². The van der Waals surface area contributed by atoms with E-state index in [1.165, 1.54) is 18.9 Å². The van der Waals surface area contributed by atoms with E-state index in [-0.39, 0.29) is 17.2 Å². The van der Waals surface area contributed by atoms with Crippen molar-refractivity contribution in [3.05, 3.63) is 39.4 Å². The molecule has 0 saturated heterocycles. The molecule has 6 nitrogen and oxygen atoms in total. The number of rotatable bonds is 7. The molecule has 1 amide bonds. The van der Waals surface area contributed by atoms with Gasteiger partial charge in [-0.1, -0.05) is 6.07 Å². The molecule has 0 bridgehead atoms. The molecule has 20 heavy (non-hydrogen) atoms. The first-order valence-corrected chi connectivity index (χ1v) is 6.84. The highest BCUT2D eigenvalue weighted by atomic mass is 16.6. The van der Waals surface area contributed by atoms with Gasteiger partial charge in [-0.2, -0.15) is 0 Å². The zero-order valence-electron chi connectivity index (χ0n) is 11.5. The van der Waals surface area contributed by atoms with Crippen LogP contribution < -0.4 is 10.6 Å². The van der Waals surface area contributed by atoms with Gasteiger partial charge in [0.1, 0.15) is 5.56 Å². The van der Waals surface area contributed by atoms with Gasteiger partial charge in [0.25, 0.3) is 11.6 Å². The third-order valence-electron chi connectivity index (χ3n) is 3.24. The topological polar surface area (TPSA) is 84.3 Å². The summed E-state index contributed by atoms with van der Waals surface area (Å²) in [6.45, 7) is 3.19. The van der Waals surface area contributed by atoms with Crippen LogP contribution in [0.5, 0.6) is 0 Å². The van der Waals surface area contributed by atoms with Gasteiger partial charge in [-0.25, -0.2) is 0 Å². The summed E-state index contributed by atoms with van der Waals surface area (Å²) in [6, 6.07) is 5.21. The minimum Gasteiger partial charge on any atom is -0.352 e. The fourth-order valence-corrected chi connectivity index (χ4v) is 1.97. The second kappa shape index (κ2) is 6.47. The Labute approximate surface area is 117 Å². The SMILES string of the molecule is Cc1ccc([N+](=O)[O-])c(C(=O)NCCCNC2CC2)c1. The molecule has 0 spiro atoms. The predicted octanol–water partition coefficient (Wildman–Crippen LogP) is 1.78. The minimum absolute atomic E-state index is 0.130. The lowest BCUT2D eigenvalue weighted by Crippen LogP contribution is -2.28. The molecule has 1 aromatic rings. The maximum absolute atomic E-state index is 12.0. The summed E-state index contributed by atoms with van der Waals surface area (Å²) >= 11 is 0. The average Bonchev–Trinajstić information content (AvgIpc) is 3.21. The van der Waals surface area contributed by atoms with Crippen LogP contribution in [0, 0.1) is 17.0 Å². The summed E-state index contributed by atoms with van der Waals surface area (Å²) in [7, 11) is 0. The Balaban J connectivity index is 1.87. The van der Waals surface area contributed by atoms with Crippen molar-refractivity contribution in [2.75, 3.05) is 13.1 Å². The zero-order chi connectivity index (χ0) is 14.5. The molecule has 1 aliphatic rings. The first-order valence-electron chi connectivity index (χ1n) is 6.84. The van der Waals surface area contributed by atoms with Crippen LogP contribution in [0.1, 0.15) is 35.2 Å². The second-order valence-electron chi connectivity index (χ2n) is 5.12. The molecule has 0 aliphatic heterocycles. The van der Waals surface area contributed by atoms with Crippen LogP contribution >= 0.6 is 0 Å². The van der Waals surface area contributed by atoms with E-state index in [4.69, 9.17) is 0 Å². The lowest BCUT2D eigenvalue weighted by atomic mass is 10.1. The molecule has 6 heteroatoms. The number of hydrogen-bond acceptors (Lipinski definition) is 4.